The van der Waals surface area contributed by atoms with E-state index in [0.29, 0.717) is 0 Å². The van der Waals surface area contributed by atoms with Crippen molar-refractivity contribution in [2.75, 3.05) is 38.1 Å². The molecule has 0 saturated carbocycles. The van der Waals surface area contributed by atoms with Crippen molar-refractivity contribution in [3.63, 3.8) is 0 Å². The quantitative estimate of drug-likeness (QED) is 0.734. The Bertz CT molecular complexity index is 411. The molecule has 18 heavy (non-hydrogen) atoms. The molecule has 0 N–H and O–H groups in total. The molecule has 100 valence electrons. The first-order chi connectivity index (χ1) is 8.70. The maximum atomic E-state index is 12.3. The highest BCUT2D eigenvalue weighted by Gasteiger charge is 2.20. The van der Waals surface area contributed by atoms with Gasteiger partial charge in [0.15, 0.2) is 0 Å². The molecule has 0 spiro atoms. The largest absolute Gasteiger partial charge is 0.337 e. The number of amides is 1. The molecule has 6 heteroatoms. The summed E-state index contributed by atoms with van der Waals surface area (Å²) in [5.41, 5.74) is 0. The van der Waals surface area contributed by atoms with E-state index in [1.54, 1.807) is 0 Å². The molecule has 1 saturated heterocycles. The maximum absolute atomic E-state index is 12.3. The number of rotatable bonds is 3. The standard InChI is InChI=1S/C12H16Br2N2OS/c13-4-7-15-5-1-6-16(9-8-15)12(17)10-2-3-11(14)18-10/h2-3H,1,4-9H2. The monoisotopic (exact) mass is 394 g/mol. The van der Waals surface area contributed by atoms with Crippen LogP contribution in [-0.4, -0.2) is 53.8 Å². The number of hydrogen-bond donors (Lipinski definition) is 0. The van der Waals surface area contributed by atoms with Crippen LogP contribution in [0.3, 0.4) is 0 Å². The van der Waals surface area contributed by atoms with E-state index in [9.17, 15) is 4.79 Å². The second-order valence-electron chi connectivity index (χ2n) is 4.28. The highest BCUT2D eigenvalue weighted by molar-refractivity contribution is 9.11. The van der Waals surface area contributed by atoms with Crippen LogP contribution in [0.2, 0.25) is 0 Å². The highest BCUT2D eigenvalue weighted by Crippen LogP contribution is 2.23. The Morgan fingerprint density at radius 1 is 1.28 bits per heavy atom. The van der Waals surface area contributed by atoms with Crippen LogP contribution in [-0.2, 0) is 0 Å². The number of halogens is 2. The summed E-state index contributed by atoms with van der Waals surface area (Å²) < 4.78 is 1.02. The Morgan fingerprint density at radius 2 is 2.11 bits per heavy atom. The van der Waals surface area contributed by atoms with E-state index in [1.165, 1.54) is 11.3 Å². The molecule has 0 unspecified atom stereocenters. The zero-order valence-corrected chi connectivity index (χ0v) is 14.1. The van der Waals surface area contributed by atoms with Gasteiger partial charge in [-0.05, 0) is 41.0 Å². The fraction of sp³-hybridized carbons (Fsp3) is 0.583. The molecule has 3 nitrogen and oxygen atoms in total. The van der Waals surface area contributed by atoms with Gasteiger partial charge in [-0.25, -0.2) is 0 Å². The number of carbonyl (C=O) groups is 1. The second-order valence-corrected chi connectivity index (χ2v) is 7.54. The topological polar surface area (TPSA) is 23.6 Å². The summed E-state index contributed by atoms with van der Waals surface area (Å²) >= 11 is 8.38. The summed E-state index contributed by atoms with van der Waals surface area (Å²) in [4.78, 5) is 17.5. The van der Waals surface area contributed by atoms with E-state index in [-0.39, 0.29) is 5.91 Å². The van der Waals surface area contributed by atoms with E-state index in [1.807, 2.05) is 17.0 Å². The van der Waals surface area contributed by atoms with Gasteiger partial charge in [-0.3, -0.25) is 4.79 Å². The Labute approximate surface area is 128 Å². The van der Waals surface area contributed by atoms with Crippen molar-refractivity contribution in [3.8, 4) is 0 Å². The minimum atomic E-state index is 0.173. The second kappa shape index (κ2) is 7.03. The first kappa shape index (κ1) is 14.5. The maximum Gasteiger partial charge on any atom is 0.264 e. The SMILES string of the molecule is O=C(c1ccc(Br)s1)N1CCCN(CCBr)CC1. The fourth-order valence-electron chi connectivity index (χ4n) is 2.10. The third-order valence-electron chi connectivity index (χ3n) is 3.06. The Kier molecular flexibility index (Phi) is 5.66. The molecule has 0 atom stereocenters. The predicted molar refractivity (Wildman–Crippen MR) is 82.8 cm³/mol. The van der Waals surface area contributed by atoms with Gasteiger partial charge >= 0.3 is 0 Å². The van der Waals surface area contributed by atoms with Crippen LogP contribution in [0.4, 0.5) is 0 Å². The minimum Gasteiger partial charge on any atom is -0.337 e. The minimum absolute atomic E-state index is 0.173. The van der Waals surface area contributed by atoms with Crippen molar-refractivity contribution >= 4 is 49.1 Å². The summed E-state index contributed by atoms with van der Waals surface area (Å²) in [6, 6.07) is 3.84. The highest BCUT2D eigenvalue weighted by atomic mass is 79.9. The van der Waals surface area contributed by atoms with Crippen LogP contribution in [0, 0.1) is 0 Å². The summed E-state index contributed by atoms with van der Waals surface area (Å²) in [5.74, 6) is 0.173. The molecular weight excluding hydrogens is 380 g/mol. The Balaban J connectivity index is 1.95. The third-order valence-corrected chi connectivity index (χ3v) is 5.03. The van der Waals surface area contributed by atoms with Crippen molar-refractivity contribution in [1.82, 2.24) is 9.80 Å². The van der Waals surface area contributed by atoms with E-state index in [2.05, 4.69) is 36.8 Å². The van der Waals surface area contributed by atoms with Crippen molar-refractivity contribution in [3.05, 3.63) is 20.8 Å². The zero-order chi connectivity index (χ0) is 13.0. The molecule has 2 heterocycles. The molecule has 0 aliphatic carbocycles. The van der Waals surface area contributed by atoms with Crippen molar-refractivity contribution in [1.29, 1.82) is 0 Å². The van der Waals surface area contributed by atoms with Crippen molar-refractivity contribution < 1.29 is 4.79 Å². The van der Waals surface area contributed by atoms with Gasteiger partial charge in [-0.15, -0.1) is 11.3 Å². The lowest BCUT2D eigenvalue weighted by Crippen LogP contribution is -2.35. The van der Waals surface area contributed by atoms with Gasteiger partial charge in [0, 0.05) is 31.5 Å². The fourth-order valence-corrected chi connectivity index (χ4v) is 3.96. The Morgan fingerprint density at radius 3 is 2.78 bits per heavy atom. The smallest absolute Gasteiger partial charge is 0.264 e. The van der Waals surface area contributed by atoms with Gasteiger partial charge < -0.3 is 9.80 Å². The van der Waals surface area contributed by atoms with Crippen molar-refractivity contribution in [2.45, 2.75) is 6.42 Å². The summed E-state index contributed by atoms with van der Waals surface area (Å²) in [7, 11) is 0. The van der Waals surface area contributed by atoms with E-state index < -0.39 is 0 Å². The number of nitrogens with zero attached hydrogens (tertiary/aromatic N) is 2. The van der Waals surface area contributed by atoms with Crippen LogP contribution in [0.25, 0.3) is 0 Å². The van der Waals surface area contributed by atoms with Crippen LogP contribution >= 0.6 is 43.2 Å². The van der Waals surface area contributed by atoms with Crippen LogP contribution in [0.5, 0.6) is 0 Å². The molecule has 1 aromatic heterocycles. The molecule has 0 aromatic carbocycles. The molecule has 1 fully saturated rings. The van der Waals surface area contributed by atoms with Crippen LogP contribution < -0.4 is 0 Å². The number of alkyl halides is 1. The molecular formula is C12H16Br2N2OS. The summed E-state index contributed by atoms with van der Waals surface area (Å²) in [6.45, 7) is 4.83. The first-order valence-corrected chi connectivity index (χ1v) is 8.77. The molecule has 0 radical (unpaired) electrons. The average molecular weight is 396 g/mol. The first-order valence-electron chi connectivity index (χ1n) is 6.03. The van der Waals surface area contributed by atoms with Gasteiger partial charge in [0.25, 0.3) is 5.91 Å². The lowest BCUT2D eigenvalue weighted by Gasteiger charge is -2.20. The van der Waals surface area contributed by atoms with Gasteiger partial charge in [0.05, 0.1) is 8.66 Å². The molecule has 0 bridgehead atoms. The molecule has 1 aliphatic rings. The molecule has 1 amide bonds. The Hall–Kier alpha value is 0.0900. The third kappa shape index (κ3) is 3.79. The van der Waals surface area contributed by atoms with Crippen LogP contribution in [0.1, 0.15) is 16.1 Å². The number of carbonyl (C=O) groups excluding carboxylic acids is 1. The average Bonchev–Trinajstić information content (AvgIpc) is 2.65. The predicted octanol–water partition coefficient (Wildman–Crippen LogP) is 3.05. The van der Waals surface area contributed by atoms with E-state index in [0.717, 1.165) is 53.1 Å². The number of thiophene rings is 1. The molecule has 1 aliphatic heterocycles. The lowest BCUT2D eigenvalue weighted by atomic mass is 10.3. The normalized spacial score (nSPS) is 17.8. The number of hydrogen-bond acceptors (Lipinski definition) is 3. The van der Waals surface area contributed by atoms with Crippen molar-refractivity contribution in [2.24, 2.45) is 0 Å². The molecule has 1 aromatic rings. The molecule has 2 rings (SSSR count). The van der Waals surface area contributed by atoms with Gasteiger partial charge in [0.2, 0.25) is 0 Å². The van der Waals surface area contributed by atoms with Crippen LogP contribution in [0.15, 0.2) is 15.9 Å². The van der Waals surface area contributed by atoms with Gasteiger partial charge in [-0.1, -0.05) is 15.9 Å². The summed E-state index contributed by atoms with van der Waals surface area (Å²) in [5, 5.41) is 0.999. The van der Waals surface area contributed by atoms with Gasteiger partial charge in [0.1, 0.15) is 0 Å². The lowest BCUT2D eigenvalue weighted by molar-refractivity contribution is 0.0766. The zero-order valence-electron chi connectivity index (χ0n) is 10.1. The van der Waals surface area contributed by atoms with E-state index >= 15 is 0 Å². The van der Waals surface area contributed by atoms with Gasteiger partial charge in [-0.2, -0.15) is 0 Å². The summed E-state index contributed by atoms with van der Waals surface area (Å²) in [6.07, 6.45) is 1.06. The van der Waals surface area contributed by atoms with E-state index in [4.69, 9.17) is 0 Å².